The van der Waals surface area contributed by atoms with Crippen molar-refractivity contribution in [1.82, 2.24) is 15.0 Å². The zero-order chi connectivity index (χ0) is 8.55. The van der Waals surface area contributed by atoms with Crippen LogP contribution in [0.5, 0.6) is 6.01 Å². The highest BCUT2D eigenvalue weighted by Gasteiger charge is 2.02. The first-order valence-electron chi connectivity index (χ1n) is 3.46. The molecule has 5 nitrogen and oxygen atoms in total. The minimum Gasteiger partial charge on any atom is -0.468 e. The largest absolute Gasteiger partial charge is 0.468 e. The molecule has 2 aromatic heterocycles. The number of methoxy groups -OCH3 is 1. The summed E-state index contributed by atoms with van der Waals surface area (Å²) in [6, 6.07) is 3.97. The van der Waals surface area contributed by atoms with Crippen molar-refractivity contribution >= 4 is 17.0 Å². The van der Waals surface area contributed by atoms with Crippen molar-refractivity contribution in [1.29, 1.82) is 0 Å². The highest BCUT2D eigenvalue weighted by molar-refractivity contribution is 5.73. The van der Waals surface area contributed by atoms with Crippen LogP contribution in [0.2, 0.25) is 0 Å². The van der Waals surface area contributed by atoms with E-state index in [1.165, 1.54) is 0 Å². The number of aromatic amines is 1. The molecule has 0 aliphatic rings. The van der Waals surface area contributed by atoms with Crippen LogP contribution >= 0.6 is 0 Å². The second kappa shape index (κ2) is 2.37. The predicted octanol–water partition coefficient (Wildman–Crippen LogP) is 0.549. The number of aromatic nitrogens is 3. The van der Waals surface area contributed by atoms with Gasteiger partial charge in [-0.2, -0.15) is 4.98 Å². The van der Waals surface area contributed by atoms with Gasteiger partial charge in [-0.15, -0.1) is 0 Å². The van der Waals surface area contributed by atoms with Gasteiger partial charge in [0.15, 0.2) is 5.65 Å². The highest BCUT2D eigenvalue weighted by atomic mass is 16.5. The molecule has 2 aromatic rings. The third-order valence-corrected chi connectivity index (χ3v) is 1.54. The highest BCUT2D eigenvalue weighted by Crippen LogP contribution is 2.14. The van der Waals surface area contributed by atoms with Gasteiger partial charge in [0.25, 0.3) is 6.01 Å². The molecule has 0 aliphatic carbocycles. The van der Waals surface area contributed by atoms with E-state index in [2.05, 4.69) is 15.0 Å². The van der Waals surface area contributed by atoms with Gasteiger partial charge in [-0.05, 0) is 12.1 Å². The molecular weight excluding hydrogens is 156 g/mol. The summed E-state index contributed by atoms with van der Waals surface area (Å²) in [6.07, 6.45) is 0. The van der Waals surface area contributed by atoms with Crippen LogP contribution in [0.4, 0.5) is 5.82 Å². The molecule has 0 fully saturated rings. The van der Waals surface area contributed by atoms with Gasteiger partial charge in [-0.3, -0.25) is 0 Å². The Labute approximate surface area is 68.6 Å². The van der Waals surface area contributed by atoms with Crippen LogP contribution in [0.1, 0.15) is 0 Å². The van der Waals surface area contributed by atoms with Gasteiger partial charge in [0, 0.05) is 0 Å². The molecule has 3 N–H and O–H groups in total. The van der Waals surface area contributed by atoms with Gasteiger partial charge >= 0.3 is 0 Å². The monoisotopic (exact) mass is 164 g/mol. The van der Waals surface area contributed by atoms with Crippen molar-refractivity contribution < 1.29 is 4.74 Å². The molecule has 62 valence electrons. The average molecular weight is 164 g/mol. The zero-order valence-corrected chi connectivity index (χ0v) is 6.53. The summed E-state index contributed by atoms with van der Waals surface area (Å²) in [5.41, 5.74) is 6.86. The number of rotatable bonds is 1. The minimum atomic E-state index is 0.447. The van der Waals surface area contributed by atoms with E-state index in [0.717, 1.165) is 5.52 Å². The number of hydrogen-bond acceptors (Lipinski definition) is 4. The van der Waals surface area contributed by atoms with E-state index < -0.39 is 0 Å². The quantitative estimate of drug-likeness (QED) is 0.645. The normalized spacial score (nSPS) is 10.4. The number of nitrogens with two attached hydrogens (primary N) is 1. The van der Waals surface area contributed by atoms with E-state index >= 15 is 0 Å². The average Bonchev–Trinajstić information content (AvgIpc) is 2.46. The summed E-state index contributed by atoms with van der Waals surface area (Å²) in [7, 11) is 1.54. The van der Waals surface area contributed by atoms with Crippen molar-refractivity contribution in [2.24, 2.45) is 0 Å². The molecule has 0 radical (unpaired) electrons. The first-order chi connectivity index (χ1) is 5.79. The Bertz CT molecular complexity index is 409. The zero-order valence-electron chi connectivity index (χ0n) is 6.53. The third kappa shape index (κ3) is 0.952. The molecule has 0 atom stereocenters. The Hall–Kier alpha value is -1.78. The maximum atomic E-state index is 5.47. The Kier molecular flexibility index (Phi) is 1.36. The first kappa shape index (κ1) is 6.90. The van der Waals surface area contributed by atoms with Crippen LogP contribution in [-0.2, 0) is 0 Å². The molecule has 12 heavy (non-hydrogen) atoms. The lowest BCUT2D eigenvalue weighted by Crippen LogP contribution is -1.88. The molecule has 0 saturated heterocycles. The Morgan fingerprint density at radius 1 is 1.42 bits per heavy atom. The summed E-state index contributed by atoms with van der Waals surface area (Å²) in [5, 5.41) is 0. The lowest BCUT2D eigenvalue weighted by molar-refractivity contribution is 0.386. The van der Waals surface area contributed by atoms with E-state index in [0.29, 0.717) is 17.5 Å². The fourth-order valence-electron chi connectivity index (χ4n) is 0.982. The number of ether oxygens (including phenoxy) is 1. The van der Waals surface area contributed by atoms with Crippen molar-refractivity contribution in [2.75, 3.05) is 12.8 Å². The van der Waals surface area contributed by atoms with Crippen LogP contribution in [0.3, 0.4) is 0 Å². The number of pyridine rings is 1. The number of hydrogen-bond donors (Lipinski definition) is 2. The van der Waals surface area contributed by atoms with E-state index in [4.69, 9.17) is 10.5 Å². The fourth-order valence-corrected chi connectivity index (χ4v) is 0.982. The molecule has 0 unspecified atom stereocenters. The molecular formula is C7H8N4O. The summed E-state index contributed by atoms with van der Waals surface area (Å²) in [6.45, 7) is 0. The Morgan fingerprint density at radius 2 is 2.25 bits per heavy atom. The molecule has 0 aliphatic heterocycles. The van der Waals surface area contributed by atoms with Gasteiger partial charge < -0.3 is 15.5 Å². The van der Waals surface area contributed by atoms with E-state index in [-0.39, 0.29) is 0 Å². The molecule has 0 saturated carbocycles. The summed E-state index contributed by atoms with van der Waals surface area (Å²) < 4.78 is 4.89. The van der Waals surface area contributed by atoms with Crippen molar-refractivity contribution in [3.63, 3.8) is 0 Å². The minimum absolute atomic E-state index is 0.447. The maximum absolute atomic E-state index is 5.47. The molecule has 0 spiro atoms. The standard InChI is InChI=1S/C7H8N4O/c1-12-7-9-4-2-3-5(8)10-6(4)11-7/h2-3H,1H3,(H3,8,9,10,11). The first-order valence-corrected chi connectivity index (χ1v) is 3.46. The molecule has 0 aromatic carbocycles. The second-order valence-corrected chi connectivity index (χ2v) is 2.35. The van der Waals surface area contributed by atoms with Gasteiger partial charge in [0.05, 0.1) is 12.6 Å². The van der Waals surface area contributed by atoms with Crippen molar-refractivity contribution in [2.45, 2.75) is 0 Å². The molecule has 0 amide bonds. The van der Waals surface area contributed by atoms with Gasteiger partial charge in [-0.25, -0.2) is 4.98 Å². The number of imidazole rings is 1. The molecule has 0 bridgehead atoms. The van der Waals surface area contributed by atoms with Crippen molar-refractivity contribution in [3.8, 4) is 6.01 Å². The summed E-state index contributed by atoms with van der Waals surface area (Å²) in [4.78, 5) is 10.9. The second-order valence-electron chi connectivity index (χ2n) is 2.35. The van der Waals surface area contributed by atoms with Crippen molar-refractivity contribution in [3.05, 3.63) is 12.1 Å². The van der Waals surface area contributed by atoms with Gasteiger partial charge in [-0.1, -0.05) is 0 Å². The van der Waals surface area contributed by atoms with Crippen LogP contribution in [-0.4, -0.2) is 22.1 Å². The third-order valence-electron chi connectivity index (χ3n) is 1.54. The topological polar surface area (TPSA) is 76.8 Å². The lowest BCUT2D eigenvalue weighted by Gasteiger charge is -1.88. The maximum Gasteiger partial charge on any atom is 0.295 e. The smallest absolute Gasteiger partial charge is 0.295 e. The summed E-state index contributed by atoms with van der Waals surface area (Å²) >= 11 is 0. The van der Waals surface area contributed by atoms with E-state index in [9.17, 15) is 0 Å². The Morgan fingerprint density at radius 3 is 3.00 bits per heavy atom. The van der Waals surface area contributed by atoms with Crippen LogP contribution in [0.15, 0.2) is 12.1 Å². The fraction of sp³-hybridized carbons (Fsp3) is 0.143. The predicted molar refractivity (Wildman–Crippen MR) is 44.9 cm³/mol. The van der Waals surface area contributed by atoms with Crippen LogP contribution in [0, 0.1) is 0 Å². The number of fused-ring (bicyclic) bond motifs is 1. The number of nitrogens with zero attached hydrogens (tertiary/aromatic N) is 2. The van der Waals surface area contributed by atoms with E-state index in [1.54, 1.807) is 13.2 Å². The number of nitrogens with one attached hydrogen (secondary N) is 1. The lowest BCUT2D eigenvalue weighted by atomic mass is 10.4. The van der Waals surface area contributed by atoms with Crippen LogP contribution < -0.4 is 10.5 Å². The summed E-state index contributed by atoms with van der Waals surface area (Å²) in [5.74, 6) is 0.455. The number of nitrogen functional groups attached to an aromatic ring is 1. The van der Waals surface area contributed by atoms with Crippen LogP contribution in [0.25, 0.3) is 11.2 Å². The Balaban J connectivity index is 2.67. The number of H-pyrrole nitrogens is 1. The van der Waals surface area contributed by atoms with Gasteiger partial charge in [0.1, 0.15) is 5.82 Å². The SMILES string of the molecule is COc1nc2nc(N)ccc2[nH]1. The number of anilines is 1. The van der Waals surface area contributed by atoms with Gasteiger partial charge in [0.2, 0.25) is 0 Å². The molecule has 2 heterocycles. The van der Waals surface area contributed by atoms with E-state index in [1.807, 2.05) is 6.07 Å². The molecule has 2 rings (SSSR count). The molecule has 5 heteroatoms.